The number of aromatic hydroxyl groups is 3. The predicted molar refractivity (Wildman–Crippen MR) is 155 cm³/mol. The van der Waals surface area contributed by atoms with Crippen LogP contribution in [0.15, 0.2) is 69.9 Å². The molecule has 3 aromatic carbocycles. The van der Waals surface area contributed by atoms with Crippen LogP contribution in [0.25, 0.3) is 28.4 Å². The van der Waals surface area contributed by atoms with Crippen molar-refractivity contribution in [1.82, 2.24) is 0 Å². The van der Waals surface area contributed by atoms with Crippen molar-refractivity contribution in [3.63, 3.8) is 0 Å². The Kier molecular flexibility index (Phi) is 8.94. The molecular formula is C31H28O14. The standard InChI is InChI=1S/C31H28O14/c1-41-20-10-15(5-8-18(20)33)30-28(39)26(37)24-19(34)11-17(12-21(24)43-30)42-16-6-2-14(3-7-16)4-9-23(35)45-31-29(40)27(38)25(36)22(13-32)44-31/h2-12,22,25,27,29,31-34,36,38-40H,13H2,1H3. The van der Waals surface area contributed by atoms with E-state index in [1.165, 1.54) is 43.5 Å². The zero-order chi connectivity index (χ0) is 32.4. The summed E-state index contributed by atoms with van der Waals surface area (Å²) in [6.45, 7) is -0.670. The second-order valence-corrected chi connectivity index (χ2v) is 9.95. The highest BCUT2D eigenvalue weighted by Gasteiger charge is 2.45. The molecule has 1 aliphatic rings. The van der Waals surface area contributed by atoms with Crippen molar-refractivity contribution in [2.75, 3.05) is 13.7 Å². The fourth-order valence-corrected chi connectivity index (χ4v) is 4.60. The van der Waals surface area contributed by atoms with Gasteiger partial charge in [-0.1, -0.05) is 12.1 Å². The van der Waals surface area contributed by atoms with Crippen LogP contribution in [0.4, 0.5) is 0 Å². The normalized spacial score (nSPS) is 21.6. The third-order valence-electron chi connectivity index (χ3n) is 6.97. The molecule has 0 amide bonds. The molecule has 5 atom stereocenters. The van der Waals surface area contributed by atoms with Crippen LogP contribution in [-0.2, 0) is 14.3 Å². The van der Waals surface area contributed by atoms with Crippen molar-refractivity contribution >= 4 is 23.0 Å². The van der Waals surface area contributed by atoms with Crippen LogP contribution in [-0.4, -0.2) is 86.1 Å². The van der Waals surface area contributed by atoms with Crippen molar-refractivity contribution in [1.29, 1.82) is 0 Å². The number of aliphatic hydroxyl groups is 4. The number of esters is 1. The average Bonchev–Trinajstić information content (AvgIpc) is 3.02. The zero-order valence-electron chi connectivity index (χ0n) is 23.4. The van der Waals surface area contributed by atoms with E-state index >= 15 is 0 Å². The van der Waals surface area contributed by atoms with E-state index in [4.69, 9.17) is 23.4 Å². The fraction of sp³-hybridized carbons (Fsp3) is 0.226. The van der Waals surface area contributed by atoms with Gasteiger partial charge in [0.2, 0.25) is 17.5 Å². The van der Waals surface area contributed by atoms with Gasteiger partial charge in [-0.2, -0.15) is 0 Å². The highest BCUT2D eigenvalue weighted by atomic mass is 16.7. The molecule has 236 valence electrons. The van der Waals surface area contributed by atoms with Gasteiger partial charge in [0.15, 0.2) is 17.3 Å². The van der Waals surface area contributed by atoms with E-state index in [1.807, 2.05) is 0 Å². The summed E-state index contributed by atoms with van der Waals surface area (Å²) in [5.41, 5.74) is -0.214. The molecule has 1 fully saturated rings. The van der Waals surface area contributed by atoms with Crippen LogP contribution in [0, 0.1) is 0 Å². The summed E-state index contributed by atoms with van der Waals surface area (Å²) in [6, 6.07) is 12.9. The van der Waals surface area contributed by atoms with E-state index in [0.717, 1.165) is 6.08 Å². The molecule has 0 saturated carbocycles. The number of benzene rings is 3. The maximum Gasteiger partial charge on any atom is 0.333 e. The maximum absolute atomic E-state index is 12.9. The molecule has 1 saturated heterocycles. The molecule has 1 aromatic heterocycles. The molecule has 5 unspecified atom stereocenters. The van der Waals surface area contributed by atoms with Gasteiger partial charge in [0, 0.05) is 23.8 Å². The summed E-state index contributed by atoms with van der Waals surface area (Å²) in [6.07, 6.45) is -5.42. The van der Waals surface area contributed by atoms with E-state index in [2.05, 4.69) is 0 Å². The SMILES string of the molecule is COc1cc(-c2oc3cc(Oc4ccc(C=CC(=O)OC5OC(CO)C(O)C(O)C5O)cc4)cc(O)c3c(=O)c2O)ccc1O. The summed E-state index contributed by atoms with van der Waals surface area (Å²) in [4.78, 5) is 25.1. The van der Waals surface area contributed by atoms with Gasteiger partial charge < -0.3 is 59.1 Å². The molecule has 5 rings (SSSR count). The van der Waals surface area contributed by atoms with Gasteiger partial charge in [-0.15, -0.1) is 0 Å². The Morgan fingerprint density at radius 1 is 0.911 bits per heavy atom. The molecule has 0 radical (unpaired) electrons. The first-order valence-electron chi connectivity index (χ1n) is 13.4. The van der Waals surface area contributed by atoms with Gasteiger partial charge >= 0.3 is 5.97 Å². The number of carbonyl (C=O) groups excluding carboxylic acids is 1. The minimum Gasteiger partial charge on any atom is -0.507 e. The lowest BCUT2D eigenvalue weighted by molar-refractivity contribution is -0.291. The largest absolute Gasteiger partial charge is 0.507 e. The summed E-state index contributed by atoms with van der Waals surface area (Å²) in [7, 11) is 1.34. The molecule has 0 aliphatic carbocycles. The van der Waals surface area contributed by atoms with E-state index in [9.17, 15) is 45.3 Å². The average molecular weight is 625 g/mol. The van der Waals surface area contributed by atoms with Crippen LogP contribution in [0.1, 0.15) is 5.56 Å². The molecule has 45 heavy (non-hydrogen) atoms. The highest BCUT2D eigenvalue weighted by Crippen LogP contribution is 2.39. The topological polar surface area (TPSA) is 226 Å². The van der Waals surface area contributed by atoms with Crippen molar-refractivity contribution in [2.24, 2.45) is 0 Å². The molecule has 0 spiro atoms. The Bertz CT molecular complexity index is 1790. The van der Waals surface area contributed by atoms with E-state index < -0.39 is 60.2 Å². The second-order valence-electron chi connectivity index (χ2n) is 9.95. The lowest BCUT2D eigenvalue weighted by Crippen LogP contribution is -2.59. The van der Waals surface area contributed by atoms with E-state index in [-0.39, 0.29) is 39.5 Å². The molecule has 14 heteroatoms. The Labute approximate surface area is 253 Å². The third kappa shape index (κ3) is 6.40. The van der Waals surface area contributed by atoms with Gasteiger partial charge in [-0.25, -0.2) is 4.79 Å². The van der Waals surface area contributed by atoms with Gasteiger partial charge in [0.25, 0.3) is 0 Å². The number of carbonyl (C=O) groups is 1. The van der Waals surface area contributed by atoms with Crippen molar-refractivity contribution in [2.45, 2.75) is 30.7 Å². The van der Waals surface area contributed by atoms with E-state index in [1.54, 1.807) is 24.3 Å². The quantitative estimate of drug-likeness (QED) is 0.110. The molecule has 4 aromatic rings. The summed E-state index contributed by atoms with van der Waals surface area (Å²) in [5.74, 6) is -2.08. The number of rotatable bonds is 8. The molecule has 1 aliphatic heterocycles. The van der Waals surface area contributed by atoms with Gasteiger partial charge in [-0.3, -0.25) is 4.79 Å². The maximum atomic E-state index is 12.9. The minimum atomic E-state index is -1.73. The van der Waals surface area contributed by atoms with Crippen LogP contribution in [0.5, 0.6) is 34.5 Å². The lowest BCUT2D eigenvalue weighted by Gasteiger charge is -2.38. The number of methoxy groups -OCH3 is 1. The Balaban J connectivity index is 1.31. The van der Waals surface area contributed by atoms with Gasteiger partial charge in [0.05, 0.1) is 13.7 Å². The summed E-state index contributed by atoms with van der Waals surface area (Å²) < 4.78 is 26.8. The Morgan fingerprint density at radius 2 is 1.64 bits per heavy atom. The van der Waals surface area contributed by atoms with Crippen molar-refractivity contribution in [3.8, 4) is 45.8 Å². The number of hydrogen-bond donors (Lipinski definition) is 7. The minimum absolute atomic E-state index is 0.0820. The molecule has 2 heterocycles. The first-order chi connectivity index (χ1) is 21.5. The highest BCUT2D eigenvalue weighted by molar-refractivity contribution is 5.89. The Morgan fingerprint density at radius 3 is 2.33 bits per heavy atom. The lowest BCUT2D eigenvalue weighted by atomic mass is 9.99. The van der Waals surface area contributed by atoms with Crippen LogP contribution >= 0.6 is 0 Å². The number of fused-ring (bicyclic) bond motifs is 1. The third-order valence-corrected chi connectivity index (χ3v) is 6.97. The Hall–Kier alpha value is -5.12. The summed E-state index contributed by atoms with van der Waals surface area (Å²) >= 11 is 0. The molecule has 7 N–H and O–H groups in total. The van der Waals surface area contributed by atoms with Gasteiger partial charge in [0.1, 0.15) is 52.6 Å². The zero-order valence-corrected chi connectivity index (χ0v) is 23.4. The fourth-order valence-electron chi connectivity index (χ4n) is 4.60. The van der Waals surface area contributed by atoms with Crippen molar-refractivity contribution in [3.05, 3.63) is 76.5 Å². The molecular weight excluding hydrogens is 596 g/mol. The van der Waals surface area contributed by atoms with Crippen molar-refractivity contribution < 1.29 is 63.9 Å². The van der Waals surface area contributed by atoms with Crippen LogP contribution in [0.3, 0.4) is 0 Å². The molecule has 0 bridgehead atoms. The number of phenols is 2. The first-order valence-corrected chi connectivity index (χ1v) is 13.4. The number of phenolic OH excluding ortho intramolecular Hbond substituents is 2. The van der Waals surface area contributed by atoms with Crippen LogP contribution in [0.2, 0.25) is 0 Å². The van der Waals surface area contributed by atoms with Gasteiger partial charge in [-0.05, 0) is 42.0 Å². The number of ether oxygens (including phenoxy) is 4. The summed E-state index contributed by atoms with van der Waals surface area (Å²) in [5, 5.41) is 69.6. The monoisotopic (exact) mass is 624 g/mol. The smallest absolute Gasteiger partial charge is 0.333 e. The second kappa shape index (κ2) is 12.9. The predicted octanol–water partition coefficient (Wildman–Crippen LogP) is 1.73. The number of hydrogen-bond acceptors (Lipinski definition) is 14. The van der Waals surface area contributed by atoms with Crippen LogP contribution < -0.4 is 14.9 Å². The first kappa shape index (κ1) is 31.3. The number of aliphatic hydroxyl groups excluding tert-OH is 4. The molecule has 14 nitrogen and oxygen atoms in total. The van der Waals surface area contributed by atoms with E-state index in [0.29, 0.717) is 11.3 Å².